The summed E-state index contributed by atoms with van der Waals surface area (Å²) < 4.78 is 13.9. The number of nitrogens with zero attached hydrogens (tertiary/aromatic N) is 2. The first-order chi connectivity index (χ1) is 9.20. The molecule has 5 heteroatoms. The second kappa shape index (κ2) is 6.63. The van der Waals surface area contributed by atoms with Crippen LogP contribution in [-0.4, -0.2) is 16.0 Å². The van der Waals surface area contributed by atoms with Gasteiger partial charge in [-0.15, -0.1) is 0 Å². The zero-order chi connectivity index (χ0) is 13.7. The molecule has 0 amide bonds. The van der Waals surface area contributed by atoms with E-state index >= 15 is 0 Å². The van der Waals surface area contributed by atoms with E-state index in [0.29, 0.717) is 12.0 Å². The summed E-state index contributed by atoms with van der Waals surface area (Å²) in [6, 6.07) is 6.86. The maximum Gasteiger partial charge on any atom is 0.127 e. The molecule has 1 unspecified atom stereocenters. The maximum absolute atomic E-state index is 13.9. The molecule has 19 heavy (non-hydrogen) atoms. The molecular weight excluding hydrogens is 261 g/mol. The number of nitrogens with two attached hydrogens (primary N) is 1. The van der Waals surface area contributed by atoms with Crippen molar-refractivity contribution in [2.24, 2.45) is 5.73 Å². The standard InChI is InChI=1S/C14H16FN3S/c1-2-10(16)8-11-12(15)4-3-5-13(11)19-14-6-7-17-9-18-14/h3-7,9-10H,2,8,16H2,1H3. The number of benzene rings is 1. The summed E-state index contributed by atoms with van der Waals surface area (Å²) in [6.07, 6.45) is 4.52. The van der Waals surface area contributed by atoms with Gasteiger partial charge in [0.1, 0.15) is 17.2 Å². The molecular formula is C14H16FN3S. The zero-order valence-electron chi connectivity index (χ0n) is 10.7. The Kier molecular flexibility index (Phi) is 4.87. The van der Waals surface area contributed by atoms with Crippen LogP contribution in [0, 0.1) is 5.82 Å². The largest absolute Gasteiger partial charge is 0.327 e. The molecule has 0 saturated carbocycles. The molecule has 1 heterocycles. The maximum atomic E-state index is 13.9. The molecule has 1 aromatic carbocycles. The number of hydrogen-bond donors (Lipinski definition) is 1. The fourth-order valence-electron chi connectivity index (χ4n) is 1.69. The van der Waals surface area contributed by atoms with E-state index in [1.165, 1.54) is 24.2 Å². The first-order valence-electron chi connectivity index (χ1n) is 6.17. The highest BCUT2D eigenvalue weighted by Crippen LogP contribution is 2.30. The minimum absolute atomic E-state index is 0.0263. The highest BCUT2D eigenvalue weighted by atomic mass is 32.2. The molecule has 1 atom stereocenters. The van der Waals surface area contributed by atoms with Gasteiger partial charge >= 0.3 is 0 Å². The van der Waals surface area contributed by atoms with Gasteiger partial charge in [0, 0.05) is 22.7 Å². The summed E-state index contributed by atoms with van der Waals surface area (Å²) in [4.78, 5) is 8.88. The summed E-state index contributed by atoms with van der Waals surface area (Å²) in [7, 11) is 0. The van der Waals surface area contributed by atoms with Crippen molar-refractivity contribution in [3.05, 3.63) is 48.2 Å². The van der Waals surface area contributed by atoms with Crippen LogP contribution in [0.4, 0.5) is 4.39 Å². The summed E-state index contributed by atoms with van der Waals surface area (Å²) in [6.45, 7) is 2.00. The molecule has 3 nitrogen and oxygen atoms in total. The predicted octanol–water partition coefficient (Wildman–Crippen LogP) is 3.05. The van der Waals surface area contributed by atoms with Gasteiger partial charge in [-0.1, -0.05) is 24.8 Å². The zero-order valence-corrected chi connectivity index (χ0v) is 11.5. The van der Waals surface area contributed by atoms with Gasteiger partial charge in [-0.25, -0.2) is 14.4 Å². The quantitative estimate of drug-likeness (QED) is 0.853. The van der Waals surface area contributed by atoms with Crippen LogP contribution >= 0.6 is 11.8 Å². The van der Waals surface area contributed by atoms with E-state index in [4.69, 9.17) is 5.73 Å². The Hall–Kier alpha value is -1.46. The van der Waals surface area contributed by atoms with Gasteiger partial charge in [0.15, 0.2) is 0 Å². The third-order valence-electron chi connectivity index (χ3n) is 2.84. The Labute approximate surface area is 116 Å². The number of halogens is 1. The van der Waals surface area contributed by atoms with E-state index in [1.807, 2.05) is 13.0 Å². The molecule has 0 aliphatic rings. The molecule has 0 bridgehead atoms. The lowest BCUT2D eigenvalue weighted by molar-refractivity contribution is 0.571. The summed E-state index contributed by atoms with van der Waals surface area (Å²) in [5.74, 6) is -0.206. The van der Waals surface area contributed by atoms with E-state index in [9.17, 15) is 4.39 Å². The molecule has 0 radical (unpaired) electrons. The lowest BCUT2D eigenvalue weighted by Gasteiger charge is -2.13. The van der Waals surface area contributed by atoms with Crippen LogP contribution in [0.25, 0.3) is 0 Å². The Morgan fingerprint density at radius 2 is 2.21 bits per heavy atom. The number of rotatable bonds is 5. The minimum Gasteiger partial charge on any atom is -0.327 e. The molecule has 0 aliphatic heterocycles. The van der Waals surface area contributed by atoms with Gasteiger partial charge in [-0.05, 0) is 31.0 Å². The normalized spacial score (nSPS) is 12.4. The van der Waals surface area contributed by atoms with Gasteiger partial charge in [0.05, 0.1) is 0 Å². The Bertz CT molecular complexity index is 533. The van der Waals surface area contributed by atoms with Crippen molar-refractivity contribution in [3.8, 4) is 0 Å². The fraction of sp³-hybridized carbons (Fsp3) is 0.286. The van der Waals surface area contributed by atoms with Crippen LogP contribution < -0.4 is 5.73 Å². The van der Waals surface area contributed by atoms with Crippen molar-refractivity contribution in [2.45, 2.75) is 35.7 Å². The molecule has 0 spiro atoms. The smallest absolute Gasteiger partial charge is 0.127 e. The molecule has 0 saturated heterocycles. The lowest BCUT2D eigenvalue weighted by atomic mass is 10.0. The van der Waals surface area contributed by atoms with Gasteiger partial charge < -0.3 is 5.73 Å². The highest BCUT2D eigenvalue weighted by Gasteiger charge is 2.13. The van der Waals surface area contributed by atoms with Crippen LogP contribution in [0.1, 0.15) is 18.9 Å². The summed E-state index contributed by atoms with van der Waals surface area (Å²) in [5, 5.41) is 0.798. The average Bonchev–Trinajstić information content (AvgIpc) is 2.43. The molecule has 2 N–H and O–H groups in total. The molecule has 1 aromatic heterocycles. The second-order valence-electron chi connectivity index (χ2n) is 4.24. The Morgan fingerprint density at radius 3 is 2.89 bits per heavy atom. The molecule has 0 aliphatic carbocycles. The highest BCUT2D eigenvalue weighted by molar-refractivity contribution is 7.99. The van der Waals surface area contributed by atoms with Gasteiger partial charge in [0.25, 0.3) is 0 Å². The minimum atomic E-state index is -0.206. The first-order valence-corrected chi connectivity index (χ1v) is 6.99. The third kappa shape index (κ3) is 3.75. The predicted molar refractivity (Wildman–Crippen MR) is 74.5 cm³/mol. The van der Waals surface area contributed by atoms with Gasteiger partial charge in [0.2, 0.25) is 0 Å². The van der Waals surface area contributed by atoms with Crippen molar-refractivity contribution in [2.75, 3.05) is 0 Å². The van der Waals surface area contributed by atoms with Gasteiger partial charge in [-0.2, -0.15) is 0 Å². The van der Waals surface area contributed by atoms with E-state index in [0.717, 1.165) is 16.3 Å². The Balaban J connectivity index is 2.27. The van der Waals surface area contributed by atoms with Crippen LogP contribution in [0.5, 0.6) is 0 Å². The van der Waals surface area contributed by atoms with Crippen LogP contribution in [0.3, 0.4) is 0 Å². The fourth-order valence-corrected chi connectivity index (χ4v) is 2.60. The topological polar surface area (TPSA) is 51.8 Å². The van der Waals surface area contributed by atoms with Crippen molar-refractivity contribution in [3.63, 3.8) is 0 Å². The van der Waals surface area contributed by atoms with Crippen molar-refractivity contribution >= 4 is 11.8 Å². The second-order valence-corrected chi connectivity index (χ2v) is 5.30. The van der Waals surface area contributed by atoms with Crippen molar-refractivity contribution in [1.29, 1.82) is 0 Å². The number of hydrogen-bond acceptors (Lipinski definition) is 4. The van der Waals surface area contributed by atoms with E-state index in [1.54, 1.807) is 18.3 Å². The van der Waals surface area contributed by atoms with Crippen LogP contribution in [0.15, 0.2) is 46.7 Å². The SMILES string of the molecule is CCC(N)Cc1c(F)cccc1Sc1ccncn1. The van der Waals surface area contributed by atoms with Gasteiger partial charge in [-0.3, -0.25) is 0 Å². The summed E-state index contributed by atoms with van der Waals surface area (Å²) in [5.41, 5.74) is 6.60. The Morgan fingerprint density at radius 1 is 1.37 bits per heavy atom. The summed E-state index contributed by atoms with van der Waals surface area (Å²) >= 11 is 1.43. The lowest BCUT2D eigenvalue weighted by Crippen LogP contribution is -2.22. The van der Waals surface area contributed by atoms with E-state index < -0.39 is 0 Å². The van der Waals surface area contributed by atoms with E-state index in [-0.39, 0.29) is 11.9 Å². The van der Waals surface area contributed by atoms with Crippen LogP contribution in [0.2, 0.25) is 0 Å². The molecule has 2 aromatic rings. The first kappa shape index (κ1) is 14.0. The monoisotopic (exact) mass is 277 g/mol. The van der Waals surface area contributed by atoms with Crippen molar-refractivity contribution < 1.29 is 4.39 Å². The van der Waals surface area contributed by atoms with Crippen molar-refractivity contribution in [1.82, 2.24) is 9.97 Å². The molecule has 0 fully saturated rings. The molecule has 100 valence electrons. The van der Waals surface area contributed by atoms with E-state index in [2.05, 4.69) is 9.97 Å². The number of aromatic nitrogens is 2. The molecule has 2 rings (SSSR count). The average molecular weight is 277 g/mol. The third-order valence-corrected chi connectivity index (χ3v) is 3.89. The van der Waals surface area contributed by atoms with Crippen LogP contribution in [-0.2, 0) is 6.42 Å².